The van der Waals surface area contributed by atoms with Crippen molar-refractivity contribution in [3.63, 3.8) is 0 Å². The lowest BCUT2D eigenvalue weighted by atomic mass is 10.0. The molecule has 0 fully saturated rings. The topological polar surface area (TPSA) is 61.8 Å². The molecule has 0 aromatic heterocycles. The highest BCUT2D eigenvalue weighted by molar-refractivity contribution is 6.07. The van der Waals surface area contributed by atoms with Crippen molar-refractivity contribution in [2.45, 2.75) is 13.0 Å². The Kier molecular flexibility index (Phi) is 3.37. The average Bonchev–Trinajstić information content (AvgIpc) is 3.21. The van der Waals surface area contributed by atoms with Gasteiger partial charge in [-0.2, -0.15) is 5.10 Å². The highest BCUT2D eigenvalue weighted by atomic mass is 19.1. The molecule has 1 N–H and O–H groups in total. The van der Waals surface area contributed by atoms with Crippen LogP contribution >= 0.6 is 0 Å². The van der Waals surface area contributed by atoms with Crippen molar-refractivity contribution >= 4 is 17.5 Å². The molecular formula is C18H14FN3O2. The standard InChI is InChI=1S/C18H14FN3O2/c19-14-3-1-2-12(8-14)18(24)22-7-6-16(21-22)11-4-5-13-10-20-17(23)15(13)9-11/h1-5,8-9H,6-7,10H2,(H,20,23). The van der Waals surface area contributed by atoms with E-state index in [1.807, 2.05) is 18.2 Å². The second-order valence-corrected chi connectivity index (χ2v) is 5.79. The minimum absolute atomic E-state index is 0.0851. The van der Waals surface area contributed by atoms with E-state index in [1.165, 1.54) is 23.2 Å². The highest BCUT2D eigenvalue weighted by Gasteiger charge is 2.25. The zero-order chi connectivity index (χ0) is 16.7. The van der Waals surface area contributed by atoms with Gasteiger partial charge in [-0.3, -0.25) is 9.59 Å². The second kappa shape index (κ2) is 5.56. The van der Waals surface area contributed by atoms with Gasteiger partial charge in [0.15, 0.2) is 0 Å². The van der Waals surface area contributed by atoms with Crippen molar-refractivity contribution in [1.29, 1.82) is 0 Å². The fourth-order valence-electron chi connectivity index (χ4n) is 2.97. The predicted molar refractivity (Wildman–Crippen MR) is 86.2 cm³/mol. The van der Waals surface area contributed by atoms with Crippen molar-refractivity contribution in [1.82, 2.24) is 10.3 Å². The second-order valence-electron chi connectivity index (χ2n) is 5.79. The van der Waals surface area contributed by atoms with Crippen LogP contribution in [0.3, 0.4) is 0 Å². The number of nitrogens with zero attached hydrogens (tertiary/aromatic N) is 2. The molecule has 0 unspecified atom stereocenters. The third-order valence-electron chi connectivity index (χ3n) is 4.23. The van der Waals surface area contributed by atoms with Crippen LogP contribution in [-0.2, 0) is 6.54 Å². The summed E-state index contributed by atoms with van der Waals surface area (Å²) >= 11 is 0. The van der Waals surface area contributed by atoms with Crippen LogP contribution in [0, 0.1) is 5.82 Å². The maximum absolute atomic E-state index is 13.3. The van der Waals surface area contributed by atoms with E-state index in [9.17, 15) is 14.0 Å². The Morgan fingerprint density at radius 3 is 2.92 bits per heavy atom. The van der Waals surface area contributed by atoms with Crippen molar-refractivity contribution in [2.24, 2.45) is 5.10 Å². The number of carbonyl (C=O) groups excluding carboxylic acids is 2. The maximum atomic E-state index is 13.3. The van der Waals surface area contributed by atoms with Gasteiger partial charge in [0.2, 0.25) is 0 Å². The summed E-state index contributed by atoms with van der Waals surface area (Å²) in [5.74, 6) is -0.865. The van der Waals surface area contributed by atoms with E-state index in [-0.39, 0.29) is 17.4 Å². The summed E-state index contributed by atoms with van der Waals surface area (Å²) in [7, 11) is 0. The Morgan fingerprint density at radius 2 is 2.08 bits per heavy atom. The molecule has 0 radical (unpaired) electrons. The predicted octanol–water partition coefficient (Wildman–Crippen LogP) is 2.32. The minimum Gasteiger partial charge on any atom is -0.348 e. The summed E-state index contributed by atoms with van der Waals surface area (Å²) in [5.41, 5.74) is 3.48. The summed E-state index contributed by atoms with van der Waals surface area (Å²) in [5, 5.41) is 8.48. The molecule has 2 aliphatic heterocycles. The van der Waals surface area contributed by atoms with Gasteiger partial charge in [-0.1, -0.05) is 18.2 Å². The molecule has 0 saturated carbocycles. The first-order valence-corrected chi connectivity index (χ1v) is 7.68. The lowest BCUT2D eigenvalue weighted by Crippen LogP contribution is -2.23. The molecule has 0 bridgehead atoms. The number of hydrazone groups is 1. The Labute approximate surface area is 137 Å². The number of amides is 2. The average molecular weight is 323 g/mol. The molecule has 4 rings (SSSR count). The summed E-state index contributed by atoms with van der Waals surface area (Å²) in [6.07, 6.45) is 0.599. The van der Waals surface area contributed by atoms with Crippen LogP contribution in [0.15, 0.2) is 47.6 Å². The molecule has 2 heterocycles. The van der Waals surface area contributed by atoms with Crippen molar-refractivity contribution < 1.29 is 14.0 Å². The van der Waals surface area contributed by atoms with Gasteiger partial charge in [0.25, 0.3) is 11.8 Å². The Bertz CT molecular complexity index is 892. The van der Waals surface area contributed by atoms with Crippen molar-refractivity contribution in [3.8, 4) is 0 Å². The third-order valence-corrected chi connectivity index (χ3v) is 4.23. The molecule has 6 heteroatoms. The lowest BCUT2D eigenvalue weighted by Gasteiger charge is -2.11. The lowest BCUT2D eigenvalue weighted by molar-refractivity contribution is 0.0777. The van der Waals surface area contributed by atoms with Crippen LogP contribution in [0.4, 0.5) is 4.39 Å². The van der Waals surface area contributed by atoms with Crippen LogP contribution in [0.2, 0.25) is 0 Å². The molecule has 0 saturated heterocycles. The van der Waals surface area contributed by atoms with E-state index in [0.717, 1.165) is 16.8 Å². The fraction of sp³-hybridized carbons (Fsp3) is 0.167. The molecule has 120 valence electrons. The monoisotopic (exact) mass is 323 g/mol. The van der Waals surface area contributed by atoms with Crippen LogP contribution in [0.5, 0.6) is 0 Å². The van der Waals surface area contributed by atoms with E-state index in [2.05, 4.69) is 10.4 Å². The molecule has 0 atom stereocenters. The summed E-state index contributed by atoms with van der Waals surface area (Å²) in [6, 6.07) is 11.2. The first-order chi connectivity index (χ1) is 11.6. The van der Waals surface area contributed by atoms with Gasteiger partial charge in [-0.05, 0) is 35.4 Å². The first-order valence-electron chi connectivity index (χ1n) is 7.68. The normalized spacial score (nSPS) is 16.0. The van der Waals surface area contributed by atoms with Crippen LogP contribution in [0.1, 0.15) is 38.3 Å². The highest BCUT2D eigenvalue weighted by Crippen LogP contribution is 2.21. The SMILES string of the molecule is O=C1NCc2ccc(C3=NN(C(=O)c4cccc(F)c4)CC3)cc21. The Hall–Kier alpha value is -3.02. The molecule has 2 amide bonds. The van der Waals surface area contributed by atoms with Gasteiger partial charge >= 0.3 is 0 Å². The molecule has 24 heavy (non-hydrogen) atoms. The smallest absolute Gasteiger partial charge is 0.274 e. The van der Waals surface area contributed by atoms with Crippen LogP contribution in [-0.4, -0.2) is 29.1 Å². The summed E-state index contributed by atoms with van der Waals surface area (Å²) in [6.45, 7) is 0.985. The van der Waals surface area contributed by atoms with Gasteiger partial charge in [0, 0.05) is 24.1 Å². The fourth-order valence-corrected chi connectivity index (χ4v) is 2.97. The van der Waals surface area contributed by atoms with E-state index in [0.29, 0.717) is 25.1 Å². The van der Waals surface area contributed by atoms with E-state index in [4.69, 9.17) is 0 Å². The molecular weight excluding hydrogens is 309 g/mol. The number of rotatable bonds is 2. The van der Waals surface area contributed by atoms with E-state index < -0.39 is 5.82 Å². The Morgan fingerprint density at radius 1 is 1.21 bits per heavy atom. The number of halogens is 1. The number of benzene rings is 2. The molecule has 2 aromatic rings. The maximum Gasteiger partial charge on any atom is 0.274 e. The van der Waals surface area contributed by atoms with Crippen LogP contribution in [0.25, 0.3) is 0 Å². The minimum atomic E-state index is -0.450. The third kappa shape index (κ3) is 2.46. The number of hydrogen-bond donors (Lipinski definition) is 1. The largest absolute Gasteiger partial charge is 0.348 e. The van der Waals surface area contributed by atoms with E-state index in [1.54, 1.807) is 6.07 Å². The number of nitrogens with one attached hydrogen (secondary N) is 1. The molecule has 2 aromatic carbocycles. The zero-order valence-corrected chi connectivity index (χ0v) is 12.8. The summed E-state index contributed by atoms with van der Waals surface area (Å²) < 4.78 is 13.3. The quantitative estimate of drug-likeness (QED) is 0.922. The molecule has 2 aliphatic rings. The van der Waals surface area contributed by atoms with E-state index >= 15 is 0 Å². The molecule has 0 spiro atoms. The van der Waals surface area contributed by atoms with Gasteiger partial charge in [0.1, 0.15) is 5.82 Å². The van der Waals surface area contributed by atoms with Crippen molar-refractivity contribution in [2.75, 3.05) is 6.54 Å². The molecule has 5 nitrogen and oxygen atoms in total. The van der Waals surface area contributed by atoms with Gasteiger partial charge in [-0.25, -0.2) is 9.40 Å². The Balaban J connectivity index is 1.60. The number of hydrogen-bond acceptors (Lipinski definition) is 3. The van der Waals surface area contributed by atoms with Crippen LogP contribution < -0.4 is 5.32 Å². The van der Waals surface area contributed by atoms with Gasteiger partial charge in [0.05, 0.1) is 12.3 Å². The number of carbonyl (C=O) groups is 2. The van der Waals surface area contributed by atoms with Gasteiger partial charge in [-0.15, -0.1) is 0 Å². The first kappa shape index (κ1) is 14.6. The number of fused-ring (bicyclic) bond motifs is 1. The summed E-state index contributed by atoms with van der Waals surface area (Å²) in [4.78, 5) is 24.2. The van der Waals surface area contributed by atoms with Gasteiger partial charge < -0.3 is 5.32 Å². The molecule has 0 aliphatic carbocycles. The van der Waals surface area contributed by atoms with Crippen molar-refractivity contribution in [3.05, 3.63) is 70.5 Å². The zero-order valence-electron chi connectivity index (χ0n) is 12.8.